The Bertz CT molecular complexity index is 1390. The summed E-state index contributed by atoms with van der Waals surface area (Å²) in [6.45, 7) is 2.64. The Balaban J connectivity index is 1.11. The van der Waals surface area contributed by atoms with Crippen LogP contribution in [0.5, 0.6) is 0 Å². The molecule has 3 aromatic rings. The van der Waals surface area contributed by atoms with Crippen molar-refractivity contribution < 1.29 is 28.8 Å². The van der Waals surface area contributed by atoms with Gasteiger partial charge in [0, 0.05) is 19.0 Å². The number of carbonyl (C=O) groups is 4. The molecule has 0 N–H and O–H groups in total. The lowest BCUT2D eigenvalue weighted by molar-refractivity contribution is -0.176. The van der Waals surface area contributed by atoms with Crippen LogP contribution in [0.15, 0.2) is 72.8 Å². The van der Waals surface area contributed by atoms with E-state index in [1.165, 1.54) is 17.0 Å². The van der Waals surface area contributed by atoms with Crippen LogP contribution in [0.3, 0.4) is 0 Å². The van der Waals surface area contributed by atoms with Crippen LogP contribution in [0.1, 0.15) is 51.1 Å². The van der Waals surface area contributed by atoms with Gasteiger partial charge in [-0.25, -0.2) is 9.59 Å². The predicted octanol–water partition coefficient (Wildman–Crippen LogP) is 4.65. The number of amides is 3. The van der Waals surface area contributed by atoms with Crippen LogP contribution in [0.4, 0.5) is 4.79 Å². The average molecular weight is 511 g/mol. The lowest BCUT2D eigenvalue weighted by atomic mass is 9.91. The third-order valence-electron chi connectivity index (χ3n) is 7.53. The molecule has 0 saturated carbocycles. The van der Waals surface area contributed by atoms with Crippen LogP contribution in [0, 0.1) is 11.8 Å². The Hall–Kier alpha value is -4.46. The molecule has 192 valence electrons. The number of imide groups is 1. The van der Waals surface area contributed by atoms with E-state index in [1.54, 1.807) is 12.1 Å². The molecule has 8 heteroatoms. The molecular weight excluding hydrogens is 484 g/mol. The molecule has 3 aliphatic rings. The minimum absolute atomic E-state index is 0.00367. The molecule has 0 spiro atoms. The van der Waals surface area contributed by atoms with E-state index in [2.05, 4.69) is 24.3 Å². The molecule has 0 radical (unpaired) electrons. The first-order valence-corrected chi connectivity index (χ1v) is 12.7. The fraction of sp³-hybridized carbons (Fsp3) is 0.267. The SMILES string of the molecule is C[C@H]1C[C@@H](C(=O)ON2C(=O)c3ccccc3C2=O)CN(C(=O)OCC2c3ccccc3-c3ccccc32)C1. The third kappa shape index (κ3) is 4.02. The zero-order valence-electron chi connectivity index (χ0n) is 20.8. The summed E-state index contributed by atoms with van der Waals surface area (Å²) in [5.74, 6) is -2.81. The summed E-state index contributed by atoms with van der Waals surface area (Å²) >= 11 is 0. The van der Waals surface area contributed by atoms with Crippen molar-refractivity contribution in [3.05, 3.63) is 95.1 Å². The molecule has 2 heterocycles. The van der Waals surface area contributed by atoms with E-state index >= 15 is 0 Å². The number of nitrogens with zero attached hydrogens (tertiary/aromatic N) is 2. The van der Waals surface area contributed by atoms with Crippen molar-refractivity contribution in [1.82, 2.24) is 9.96 Å². The number of hydroxylamine groups is 2. The maximum absolute atomic E-state index is 13.1. The van der Waals surface area contributed by atoms with Crippen LogP contribution in [-0.2, 0) is 14.4 Å². The van der Waals surface area contributed by atoms with Crippen LogP contribution in [0.25, 0.3) is 11.1 Å². The molecule has 1 aliphatic carbocycles. The first-order valence-electron chi connectivity index (χ1n) is 12.7. The van der Waals surface area contributed by atoms with E-state index in [-0.39, 0.29) is 36.1 Å². The van der Waals surface area contributed by atoms with Crippen LogP contribution < -0.4 is 0 Å². The van der Waals surface area contributed by atoms with Gasteiger partial charge < -0.3 is 14.5 Å². The molecule has 2 aliphatic heterocycles. The molecule has 0 aromatic heterocycles. The normalized spacial score (nSPS) is 20.1. The van der Waals surface area contributed by atoms with E-state index < -0.39 is 29.8 Å². The number of fused-ring (bicyclic) bond motifs is 4. The van der Waals surface area contributed by atoms with E-state index in [4.69, 9.17) is 9.57 Å². The zero-order valence-corrected chi connectivity index (χ0v) is 20.8. The molecular formula is C30H26N2O6. The molecule has 1 saturated heterocycles. The highest BCUT2D eigenvalue weighted by Crippen LogP contribution is 2.44. The molecule has 3 aromatic carbocycles. The van der Waals surface area contributed by atoms with Crippen molar-refractivity contribution in [3.63, 3.8) is 0 Å². The van der Waals surface area contributed by atoms with E-state index in [0.29, 0.717) is 18.0 Å². The molecule has 2 atom stereocenters. The molecule has 0 unspecified atom stereocenters. The highest BCUT2D eigenvalue weighted by Gasteiger charge is 2.41. The topological polar surface area (TPSA) is 93.2 Å². The highest BCUT2D eigenvalue weighted by molar-refractivity contribution is 6.20. The average Bonchev–Trinajstić information content (AvgIpc) is 3.38. The van der Waals surface area contributed by atoms with Crippen molar-refractivity contribution in [2.45, 2.75) is 19.3 Å². The second kappa shape index (κ2) is 9.45. The molecule has 6 rings (SSSR count). The van der Waals surface area contributed by atoms with Crippen molar-refractivity contribution in [3.8, 4) is 11.1 Å². The van der Waals surface area contributed by atoms with Crippen LogP contribution >= 0.6 is 0 Å². The summed E-state index contributed by atoms with van der Waals surface area (Å²) in [5.41, 5.74) is 4.93. The Labute approximate surface area is 219 Å². The standard InChI is InChI=1S/C30H26N2O6/c1-18-14-19(29(35)38-32-27(33)24-12-6-7-13-25(24)28(32)34)16-31(15-18)30(36)37-17-26-22-10-4-2-8-20(22)21-9-3-5-11-23(21)26/h2-13,18-19,26H,14-17H2,1H3/t18-,19+/m0/s1. The van der Waals surface area contributed by atoms with Crippen molar-refractivity contribution in [2.24, 2.45) is 11.8 Å². The van der Waals surface area contributed by atoms with Gasteiger partial charge in [-0.1, -0.05) is 72.7 Å². The van der Waals surface area contributed by atoms with E-state index in [1.807, 2.05) is 31.2 Å². The zero-order chi connectivity index (χ0) is 26.4. The van der Waals surface area contributed by atoms with Gasteiger partial charge in [-0.2, -0.15) is 0 Å². The summed E-state index contributed by atoms with van der Waals surface area (Å²) in [6.07, 6.45) is -0.0354. The summed E-state index contributed by atoms with van der Waals surface area (Å²) in [5, 5.41) is 0.518. The maximum atomic E-state index is 13.1. The number of hydrogen-bond donors (Lipinski definition) is 0. The molecule has 38 heavy (non-hydrogen) atoms. The number of piperidine rings is 1. The second-order valence-electron chi connectivity index (χ2n) is 10.1. The summed E-state index contributed by atoms with van der Waals surface area (Å²) < 4.78 is 5.78. The van der Waals surface area contributed by atoms with Gasteiger partial charge in [-0.05, 0) is 46.7 Å². The highest BCUT2D eigenvalue weighted by atomic mass is 16.7. The van der Waals surface area contributed by atoms with Gasteiger partial charge in [0.05, 0.1) is 17.0 Å². The molecule has 1 fully saturated rings. The number of likely N-dealkylation sites (tertiary alicyclic amines) is 1. The van der Waals surface area contributed by atoms with Crippen LogP contribution in [-0.4, -0.2) is 53.5 Å². The first kappa shape index (κ1) is 23.9. The van der Waals surface area contributed by atoms with Gasteiger partial charge in [-0.3, -0.25) is 9.59 Å². The number of hydrogen-bond acceptors (Lipinski definition) is 6. The summed E-state index contributed by atoms with van der Waals surface area (Å²) in [6, 6.07) is 22.6. The predicted molar refractivity (Wildman–Crippen MR) is 137 cm³/mol. The Kier molecular flexibility index (Phi) is 5.94. The van der Waals surface area contributed by atoms with Crippen molar-refractivity contribution >= 4 is 23.9 Å². The molecule has 8 nitrogen and oxygen atoms in total. The minimum Gasteiger partial charge on any atom is -0.448 e. The van der Waals surface area contributed by atoms with Gasteiger partial charge in [0.25, 0.3) is 11.8 Å². The largest absolute Gasteiger partial charge is 0.448 e. The summed E-state index contributed by atoms with van der Waals surface area (Å²) in [4.78, 5) is 58.1. The number of ether oxygens (including phenoxy) is 1. The fourth-order valence-corrected chi connectivity index (χ4v) is 5.77. The monoisotopic (exact) mass is 510 g/mol. The van der Waals surface area contributed by atoms with E-state index in [0.717, 1.165) is 22.3 Å². The molecule has 0 bridgehead atoms. The maximum Gasteiger partial charge on any atom is 0.409 e. The van der Waals surface area contributed by atoms with Gasteiger partial charge >= 0.3 is 12.1 Å². The fourth-order valence-electron chi connectivity index (χ4n) is 5.77. The lowest BCUT2D eigenvalue weighted by Crippen LogP contribution is -2.47. The number of rotatable bonds is 4. The van der Waals surface area contributed by atoms with Gasteiger partial charge in [0.1, 0.15) is 6.61 Å². The third-order valence-corrected chi connectivity index (χ3v) is 7.53. The van der Waals surface area contributed by atoms with Crippen molar-refractivity contribution in [1.29, 1.82) is 0 Å². The van der Waals surface area contributed by atoms with Gasteiger partial charge in [0.15, 0.2) is 0 Å². The first-order chi connectivity index (χ1) is 18.4. The van der Waals surface area contributed by atoms with Crippen molar-refractivity contribution in [2.75, 3.05) is 19.7 Å². The second-order valence-corrected chi connectivity index (χ2v) is 10.1. The number of carbonyl (C=O) groups excluding carboxylic acids is 4. The van der Waals surface area contributed by atoms with Gasteiger partial charge in [0.2, 0.25) is 0 Å². The van der Waals surface area contributed by atoms with Gasteiger partial charge in [-0.15, -0.1) is 0 Å². The Morgan fingerprint density at radius 2 is 1.32 bits per heavy atom. The van der Waals surface area contributed by atoms with Crippen LogP contribution in [0.2, 0.25) is 0 Å². The summed E-state index contributed by atoms with van der Waals surface area (Å²) in [7, 11) is 0. The Morgan fingerprint density at radius 3 is 1.89 bits per heavy atom. The lowest BCUT2D eigenvalue weighted by Gasteiger charge is -2.35. The minimum atomic E-state index is -0.720. The molecule has 3 amide bonds. The quantitative estimate of drug-likeness (QED) is 0.475. The smallest absolute Gasteiger partial charge is 0.409 e. The van der Waals surface area contributed by atoms with E-state index in [9.17, 15) is 19.2 Å². The number of benzene rings is 3. The Morgan fingerprint density at radius 1 is 0.789 bits per heavy atom.